The Morgan fingerprint density at radius 3 is 2.44 bits per heavy atom. The molecule has 0 aliphatic heterocycles. The molecule has 0 saturated carbocycles. The van der Waals surface area contributed by atoms with Crippen LogP contribution in [0.4, 0.5) is 0 Å². The number of benzene rings is 1. The minimum absolute atomic E-state index is 0.0399. The lowest BCUT2D eigenvalue weighted by atomic mass is 10.4. The molecule has 1 rings (SSSR count). The monoisotopic (exact) mass is 353 g/mol. The molecule has 0 heterocycles. The van der Waals surface area contributed by atoms with Gasteiger partial charge in [-0.05, 0) is 30.5 Å². The molecule has 0 amide bonds. The minimum Gasteiger partial charge on any atom is -0.480 e. The fraction of sp³-hybridized carbons (Fsp3) is 0.300. The first-order valence-electron chi connectivity index (χ1n) is 4.86. The van der Waals surface area contributed by atoms with Gasteiger partial charge in [-0.15, -0.1) is 0 Å². The highest BCUT2D eigenvalue weighted by molar-refractivity contribution is 9.10. The van der Waals surface area contributed by atoms with Gasteiger partial charge in [0.2, 0.25) is 10.0 Å². The number of halogens is 1. The van der Waals surface area contributed by atoms with Crippen molar-refractivity contribution in [3.05, 3.63) is 28.7 Å². The molecule has 0 saturated heterocycles. The highest BCUT2D eigenvalue weighted by atomic mass is 79.9. The molecule has 0 aromatic heterocycles. The Labute approximate surface area is 118 Å². The third-order valence-electron chi connectivity index (χ3n) is 2.05. The van der Waals surface area contributed by atoms with Crippen LogP contribution in [0.25, 0.3) is 0 Å². The van der Waals surface area contributed by atoms with Crippen molar-refractivity contribution in [1.82, 2.24) is 4.72 Å². The molecule has 1 unspecified atom stereocenters. The van der Waals surface area contributed by atoms with E-state index >= 15 is 0 Å². The van der Waals surface area contributed by atoms with Gasteiger partial charge in [-0.25, -0.2) is 8.42 Å². The zero-order chi connectivity index (χ0) is 13.8. The normalized spacial score (nSPS) is 13.2. The molecule has 2 N–H and O–H groups in total. The minimum atomic E-state index is -3.81. The van der Waals surface area contributed by atoms with Crippen molar-refractivity contribution in [1.29, 1.82) is 0 Å². The molecule has 18 heavy (non-hydrogen) atoms. The Morgan fingerprint density at radius 2 is 2.00 bits per heavy atom. The number of hydrogen-bond donors (Lipinski definition) is 2. The third-order valence-corrected chi connectivity index (χ3v) is 4.74. The number of sulfonamides is 1. The summed E-state index contributed by atoms with van der Waals surface area (Å²) < 4.78 is 26.8. The second-order valence-electron chi connectivity index (χ2n) is 3.42. The van der Waals surface area contributed by atoms with E-state index in [4.69, 9.17) is 5.11 Å². The standard InChI is InChI=1S/C10H12BrNO4S2/c1-17-6-9(10(13)14)12-18(15,16)8-4-2-7(11)3-5-8/h2-5,9,12H,6H2,1H3,(H,13,14). The zero-order valence-corrected chi connectivity index (χ0v) is 12.7. The van der Waals surface area contributed by atoms with Crippen LogP contribution in [0.5, 0.6) is 0 Å². The molecule has 1 aromatic carbocycles. The number of carboxylic acid groups (broad SMARTS) is 1. The van der Waals surface area contributed by atoms with Gasteiger partial charge < -0.3 is 5.11 Å². The fourth-order valence-electron chi connectivity index (χ4n) is 1.19. The summed E-state index contributed by atoms with van der Waals surface area (Å²) in [5.41, 5.74) is 0. The smallest absolute Gasteiger partial charge is 0.322 e. The molecule has 100 valence electrons. The maximum absolute atomic E-state index is 11.9. The summed E-state index contributed by atoms with van der Waals surface area (Å²) in [6.45, 7) is 0. The number of nitrogens with one attached hydrogen (secondary N) is 1. The van der Waals surface area contributed by atoms with Crippen molar-refractivity contribution >= 4 is 43.7 Å². The van der Waals surface area contributed by atoms with Gasteiger partial charge in [-0.2, -0.15) is 16.5 Å². The molecule has 5 nitrogen and oxygen atoms in total. The molecule has 1 atom stereocenters. The Kier molecular flexibility index (Phi) is 5.64. The van der Waals surface area contributed by atoms with Gasteiger partial charge in [0.1, 0.15) is 6.04 Å². The van der Waals surface area contributed by atoms with Gasteiger partial charge in [0.25, 0.3) is 0 Å². The second kappa shape index (κ2) is 6.55. The highest BCUT2D eigenvalue weighted by Crippen LogP contribution is 2.15. The first-order chi connectivity index (χ1) is 8.36. The van der Waals surface area contributed by atoms with Crippen LogP contribution in [0.15, 0.2) is 33.6 Å². The van der Waals surface area contributed by atoms with E-state index in [1.54, 1.807) is 18.4 Å². The summed E-state index contributed by atoms with van der Waals surface area (Å²) in [6, 6.07) is 4.85. The molecule has 8 heteroatoms. The van der Waals surface area contributed by atoms with Crippen LogP contribution in [-0.2, 0) is 14.8 Å². The molecule has 1 aromatic rings. The Bertz CT molecular complexity index is 515. The summed E-state index contributed by atoms with van der Waals surface area (Å²) >= 11 is 4.46. The number of thioether (sulfide) groups is 1. The summed E-state index contributed by atoms with van der Waals surface area (Å²) in [5.74, 6) is -1.02. The lowest BCUT2D eigenvalue weighted by Crippen LogP contribution is -2.42. The van der Waals surface area contributed by atoms with Gasteiger partial charge in [0, 0.05) is 10.2 Å². The number of carboxylic acids is 1. The average Bonchev–Trinajstić information content (AvgIpc) is 2.28. The number of carbonyl (C=O) groups is 1. The van der Waals surface area contributed by atoms with Crippen molar-refractivity contribution in [2.24, 2.45) is 0 Å². The number of aliphatic carboxylic acids is 1. The quantitative estimate of drug-likeness (QED) is 0.810. The lowest BCUT2D eigenvalue weighted by molar-refractivity contribution is -0.138. The predicted octanol–water partition coefficient (Wildman–Crippen LogP) is 1.54. The summed E-state index contributed by atoms with van der Waals surface area (Å²) in [6.07, 6.45) is 1.71. The SMILES string of the molecule is CSCC(NS(=O)(=O)c1ccc(Br)cc1)C(=O)O. The van der Waals surface area contributed by atoms with Crippen LogP contribution in [0.1, 0.15) is 0 Å². The Hall–Kier alpha value is -0.570. The molecule has 0 bridgehead atoms. The fourth-order valence-corrected chi connectivity index (χ4v) is 3.31. The maximum Gasteiger partial charge on any atom is 0.322 e. The van der Waals surface area contributed by atoms with Crippen molar-refractivity contribution in [2.75, 3.05) is 12.0 Å². The predicted molar refractivity (Wildman–Crippen MR) is 74.3 cm³/mol. The van der Waals surface area contributed by atoms with Gasteiger partial charge >= 0.3 is 5.97 Å². The van der Waals surface area contributed by atoms with Crippen molar-refractivity contribution in [2.45, 2.75) is 10.9 Å². The summed E-state index contributed by atoms with van der Waals surface area (Å²) in [5, 5.41) is 8.91. The van der Waals surface area contributed by atoms with Gasteiger partial charge in [0.05, 0.1) is 4.90 Å². The van der Waals surface area contributed by atoms with E-state index in [0.29, 0.717) is 0 Å². The van der Waals surface area contributed by atoms with Crippen molar-refractivity contribution in [3.8, 4) is 0 Å². The molecule has 0 spiro atoms. The number of rotatable bonds is 6. The van der Waals surface area contributed by atoms with E-state index < -0.39 is 22.0 Å². The van der Waals surface area contributed by atoms with Crippen LogP contribution < -0.4 is 4.72 Å². The molecular weight excluding hydrogens is 342 g/mol. The largest absolute Gasteiger partial charge is 0.480 e. The zero-order valence-electron chi connectivity index (χ0n) is 9.46. The van der Waals surface area contributed by atoms with E-state index in [2.05, 4.69) is 20.7 Å². The molecule has 0 radical (unpaired) electrons. The molecule has 0 aliphatic carbocycles. The van der Waals surface area contributed by atoms with E-state index in [0.717, 1.165) is 4.47 Å². The van der Waals surface area contributed by atoms with E-state index in [1.165, 1.54) is 23.9 Å². The van der Waals surface area contributed by atoms with Crippen LogP contribution in [0.2, 0.25) is 0 Å². The second-order valence-corrected chi connectivity index (χ2v) is 6.96. The van der Waals surface area contributed by atoms with E-state index in [-0.39, 0.29) is 10.6 Å². The summed E-state index contributed by atoms with van der Waals surface area (Å²) in [4.78, 5) is 10.9. The molecular formula is C10H12BrNO4S2. The van der Waals surface area contributed by atoms with Crippen molar-refractivity contribution < 1.29 is 18.3 Å². The van der Waals surface area contributed by atoms with Crippen LogP contribution in [0, 0.1) is 0 Å². The highest BCUT2D eigenvalue weighted by Gasteiger charge is 2.24. The Morgan fingerprint density at radius 1 is 1.44 bits per heavy atom. The maximum atomic E-state index is 11.9. The average molecular weight is 354 g/mol. The van der Waals surface area contributed by atoms with Crippen LogP contribution >= 0.6 is 27.7 Å². The van der Waals surface area contributed by atoms with Crippen LogP contribution in [0.3, 0.4) is 0 Å². The Balaban J connectivity index is 2.93. The lowest BCUT2D eigenvalue weighted by Gasteiger charge is -2.13. The van der Waals surface area contributed by atoms with E-state index in [1.807, 2.05) is 0 Å². The first kappa shape index (κ1) is 15.5. The van der Waals surface area contributed by atoms with E-state index in [9.17, 15) is 13.2 Å². The molecule has 0 aliphatic rings. The number of hydrogen-bond acceptors (Lipinski definition) is 4. The van der Waals surface area contributed by atoms with Crippen LogP contribution in [-0.4, -0.2) is 37.5 Å². The van der Waals surface area contributed by atoms with Crippen molar-refractivity contribution in [3.63, 3.8) is 0 Å². The first-order valence-corrected chi connectivity index (χ1v) is 8.53. The third kappa shape index (κ3) is 4.27. The molecule has 0 fully saturated rings. The van der Waals surface area contributed by atoms with Gasteiger partial charge in [-0.1, -0.05) is 15.9 Å². The summed E-state index contributed by atoms with van der Waals surface area (Å²) in [7, 11) is -3.81. The topological polar surface area (TPSA) is 83.5 Å². The van der Waals surface area contributed by atoms with Gasteiger partial charge in [0.15, 0.2) is 0 Å². The van der Waals surface area contributed by atoms with Gasteiger partial charge in [-0.3, -0.25) is 4.79 Å².